The Hall–Kier alpha value is -3.79. The molecule has 16 nitrogen and oxygen atoms in total. The molecule has 7 rings (SSSR count). The van der Waals surface area contributed by atoms with E-state index in [2.05, 4.69) is 17.9 Å². The minimum atomic E-state index is -5.23. The first kappa shape index (κ1) is 52.0. The Labute approximate surface area is 414 Å². The van der Waals surface area contributed by atoms with Gasteiger partial charge in [0.1, 0.15) is 9.80 Å². The summed E-state index contributed by atoms with van der Waals surface area (Å²) in [6.07, 6.45) is 3.54. The van der Waals surface area contributed by atoms with Gasteiger partial charge in [-0.25, -0.2) is 9.59 Å². The Balaban J connectivity index is 1.39. The number of halogens is 3. The molecule has 68 heavy (non-hydrogen) atoms. The highest BCUT2D eigenvalue weighted by molar-refractivity contribution is 7.89. The molecule has 2 amide bonds. The molecule has 0 spiro atoms. The molecule has 4 unspecified atom stereocenters. The summed E-state index contributed by atoms with van der Waals surface area (Å²) in [6, 6.07) is 1.60. The van der Waals surface area contributed by atoms with Gasteiger partial charge in [-0.3, -0.25) is 23.5 Å². The van der Waals surface area contributed by atoms with Crippen LogP contribution in [0.3, 0.4) is 0 Å². The maximum Gasteiger partial charge on any atom is 0.337 e. The number of ether oxygens (including phenoxy) is 1. The highest BCUT2D eigenvalue weighted by Crippen LogP contribution is 2.59. The molecule has 1 saturated carbocycles. The zero-order chi connectivity index (χ0) is 50.3. The van der Waals surface area contributed by atoms with Crippen molar-refractivity contribution in [2.75, 3.05) is 13.1 Å². The SMILES string of the molecule is CC1CC(C)(C)CC2C1=CC1=C(c3c(Cl)c(C(S)C(=O)CNCCCCC(=O)ON4C(=O)CCC4=O)c(Cl)c(Cl)c3C(=O)O)c3cc4c(c(S(=O)(=O)O)c3OC1=C2S(=O)(=O)O)CC(C)(C)CC4C. The fraction of sp³-hybridized carbons (Fsp3) is 0.500. The highest BCUT2D eigenvalue weighted by atomic mass is 35.5. The minimum absolute atomic E-state index is 0.0456. The normalized spacial score (nSPS) is 22.4. The van der Waals surface area contributed by atoms with E-state index in [4.69, 9.17) is 44.4 Å². The molecule has 22 heteroatoms. The minimum Gasteiger partial charge on any atom is -0.478 e. The Morgan fingerprint density at radius 3 is 2.16 bits per heavy atom. The van der Waals surface area contributed by atoms with Crippen LogP contribution in [0.4, 0.5) is 0 Å². The standard InChI is InChI=1S/C46H51Cl3N2O14S3/c1-20-15-45(3,4)17-26-22(20)13-24-32(25-14-23-21(2)16-46(5,6)18-27(23)43(68(61,62)63)40(25)64-39(24)42(26)67(58,59)60)33-34(44(56)57)37(48)38(49)35(36(33)47)41(66)28(52)19-50-12-8-7-9-31(55)65-51-29(53)10-11-30(51)54/h13-14,20-21,26,41,50,66H,7-12,15-19H2,1-6H3,(H,56,57)(H,58,59,60)(H,61,62,63). The molecule has 368 valence electrons. The van der Waals surface area contributed by atoms with Crippen LogP contribution in [0.5, 0.6) is 5.75 Å². The Morgan fingerprint density at radius 2 is 1.56 bits per heavy atom. The lowest BCUT2D eigenvalue weighted by Crippen LogP contribution is -2.36. The molecule has 0 radical (unpaired) electrons. The molecule has 2 aromatic carbocycles. The monoisotopic (exact) mass is 1060 g/mol. The van der Waals surface area contributed by atoms with Gasteiger partial charge in [-0.1, -0.05) is 88.0 Å². The zero-order valence-corrected chi connectivity index (χ0v) is 42.7. The Morgan fingerprint density at radius 1 is 0.926 bits per heavy atom. The van der Waals surface area contributed by atoms with Crippen molar-refractivity contribution in [2.24, 2.45) is 22.7 Å². The predicted molar refractivity (Wildman–Crippen MR) is 255 cm³/mol. The molecule has 2 aliphatic heterocycles. The van der Waals surface area contributed by atoms with Crippen LogP contribution in [0.25, 0.3) is 5.57 Å². The molecule has 5 aliphatic rings. The van der Waals surface area contributed by atoms with E-state index in [-0.39, 0.29) is 91.3 Å². The summed E-state index contributed by atoms with van der Waals surface area (Å²) in [7, 11) is -10.4. The first-order chi connectivity index (χ1) is 31.5. The van der Waals surface area contributed by atoms with E-state index >= 15 is 0 Å². The number of fused-ring (bicyclic) bond motifs is 4. The van der Waals surface area contributed by atoms with Crippen molar-refractivity contribution in [1.29, 1.82) is 0 Å². The average molecular weight is 1060 g/mol. The fourth-order valence-corrected chi connectivity index (χ4v) is 14.0. The van der Waals surface area contributed by atoms with Gasteiger partial charge in [0.15, 0.2) is 17.3 Å². The van der Waals surface area contributed by atoms with Crippen molar-refractivity contribution < 1.29 is 64.6 Å². The smallest absolute Gasteiger partial charge is 0.337 e. The topological polar surface area (TPSA) is 248 Å². The summed E-state index contributed by atoms with van der Waals surface area (Å²) < 4.78 is 83.8. The number of thiol groups is 1. The summed E-state index contributed by atoms with van der Waals surface area (Å²) in [5, 5.41) is 11.4. The second kappa shape index (κ2) is 18.8. The van der Waals surface area contributed by atoms with Crippen molar-refractivity contribution >= 4 is 103 Å². The maximum atomic E-state index is 13.9. The summed E-state index contributed by atoms with van der Waals surface area (Å²) in [4.78, 5) is 66.8. The van der Waals surface area contributed by atoms with E-state index in [0.717, 1.165) is 0 Å². The van der Waals surface area contributed by atoms with Gasteiger partial charge < -0.3 is 20.0 Å². The van der Waals surface area contributed by atoms with Gasteiger partial charge in [0.25, 0.3) is 32.1 Å². The number of amides is 2. The van der Waals surface area contributed by atoms with Crippen LogP contribution in [0, 0.1) is 22.7 Å². The molecule has 0 bridgehead atoms. The van der Waals surface area contributed by atoms with Gasteiger partial charge in [-0.15, -0.1) is 5.06 Å². The van der Waals surface area contributed by atoms with E-state index < -0.39 is 119 Å². The number of ketones is 1. The summed E-state index contributed by atoms with van der Waals surface area (Å²) in [5.74, 6) is -6.94. The Bertz CT molecular complexity index is 2910. The number of allylic oxidation sites excluding steroid dienone is 3. The molecular formula is C46H51Cl3N2O14S3. The molecule has 4 atom stereocenters. The van der Waals surface area contributed by atoms with Crippen molar-refractivity contribution in [1.82, 2.24) is 10.4 Å². The van der Waals surface area contributed by atoms with Crippen LogP contribution in [-0.4, -0.2) is 78.7 Å². The molecule has 2 fully saturated rings. The molecule has 4 N–H and O–H groups in total. The van der Waals surface area contributed by atoms with Gasteiger partial charge in [0.05, 0.1) is 32.4 Å². The molecule has 2 heterocycles. The molecule has 1 saturated heterocycles. The van der Waals surface area contributed by atoms with E-state index in [1.54, 1.807) is 12.1 Å². The van der Waals surface area contributed by atoms with E-state index in [0.29, 0.717) is 35.5 Å². The van der Waals surface area contributed by atoms with Crippen LogP contribution < -0.4 is 10.1 Å². The number of benzene rings is 2. The fourth-order valence-electron chi connectivity index (χ4n) is 10.7. The van der Waals surface area contributed by atoms with Crippen molar-refractivity contribution in [3.63, 3.8) is 0 Å². The number of carboxylic acid groups (broad SMARTS) is 1. The first-order valence-electron chi connectivity index (χ1n) is 21.9. The number of nitrogens with zero attached hydrogens (tertiary/aromatic N) is 1. The molecule has 2 aromatic rings. The van der Waals surface area contributed by atoms with E-state index in [1.165, 1.54) is 0 Å². The highest BCUT2D eigenvalue weighted by Gasteiger charge is 2.49. The zero-order valence-electron chi connectivity index (χ0n) is 37.9. The van der Waals surface area contributed by atoms with Crippen LogP contribution in [0.1, 0.15) is 142 Å². The van der Waals surface area contributed by atoms with Gasteiger partial charge in [-0.2, -0.15) is 29.5 Å². The molecule has 3 aliphatic carbocycles. The van der Waals surface area contributed by atoms with Crippen LogP contribution in [0.15, 0.2) is 38.8 Å². The number of hydrogen-bond donors (Lipinski definition) is 5. The predicted octanol–water partition coefficient (Wildman–Crippen LogP) is 8.88. The van der Waals surface area contributed by atoms with E-state index in [1.807, 2.05) is 41.5 Å². The van der Waals surface area contributed by atoms with Crippen molar-refractivity contribution in [3.05, 3.63) is 82.4 Å². The lowest BCUT2D eigenvalue weighted by atomic mass is 9.63. The summed E-state index contributed by atoms with van der Waals surface area (Å²) in [6.45, 7) is 11.3. The van der Waals surface area contributed by atoms with Crippen LogP contribution in [0.2, 0.25) is 15.1 Å². The number of imide groups is 1. The largest absolute Gasteiger partial charge is 0.478 e. The van der Waals surface area contributed by atoms with Gasteiger partial charge in [0, 0.05) is 53.0 Å². The number of carbonyl (C=O) groups excluding carboxylic acids is 4. The number of hydroxylamine groups is 2. The van der Waals surface area contributed by atoms with E-state index in [9.17, 15) is 55.0 Å². The number of rotatable bonds is 14. The van der Waals surface area contributed by atoms with Crippen molar-refractivity contribution in [2.45, 2.75) is 115 Å². The molecule has 0 aromatic heterocycles. The average Bonchev–Trinajstić information content (AvgIpc) is 3.51. The number of nitrogens with one attached hydrogen (secondary N) is 1. The number of aromatic carboxylic acids is 1. The van der Waals surface area contributed by atoms with Gasteiger partial charge in [0.2, 0.25) is 0 Å². The molecular weight excluding hydrogens is 1010 g/mol. The summed E-state index contributed by atoms with van der Waals surface area (Å²) in [5.41, 5.74) is -1.42. The lowest BCUT2D eigenvalue weighted by Gasteiger charge is -2.45. The van der Waals surface area contributed by atoms with Crippen LogP contribution >= 0.6 is 47.4 Å². The van der Waals surface area contributed by atoms with Gasteiger partial charge >= 0.3 is 11.9 Å². The second-order valence-corrected chi connectivity index (χ2v) is 24.2. The lowest BCUT2D eigenvalue weighted by molar-refractivity contribution is -0.197. The van der Waals surface area contributed by atoms with Gasteiger partial charge in [-0.05, 0) is 84.9 Å². The number of Topliss-reactive ketones (excluding diaryl/α,β-unsaturated/α-hetero) is 1. The first-order valence-corrected chi connectivity index (χ1v) is 26.4. The third-order valence-electron chi connectivity index (χ3n) is 13.3. The maximum absolute atomic E-state index is 13.9. The third-order valence-corrected chi connectivity index (χ3v) is 17.0. The number of unbranched alkanes of at least 4 members (excludes halogenated alkanes) is 1. The quantitative estimate of drug-likeness (QED) is 0.0390. The summed E-state index contributed by atoms with van der Waals surface area (Å²) >= 11 is 25.6. The number of carboxylic acids is 1. The third kappa shape index (κ3) is 9.80. The van der Waals surface area contributed by atoms with Crippen LogP contribution in [-0.2, 0) is 50.7 Å². The van der Waals surface area contributed by atoms with Crippen molar-refractivity contribution in [3.8, 4) is 5.75 Å². The number of hydrogen-bond acceptors (Lipinski definition) is 13. The Kier molecular flexibility index (Phi) is 14.4. The second-order valence-electron chi connectivity index (χ2n) is 19.8. The number of carbonyl (C=O) groups is 5.